The molecule has 19 nitrogen and oxygen atoms in total. The Morgan fingerprint density at radius 2 is 0.825 bits per heavy atom. The van der Waals surface area contributed by atoms with Crippen LogP contribution in [0, 0.1) is 0 Å². The van der Waals surface area contributed by atoms with Gasteiger partial charge >= 0.3 is 19.8 Å². The van der Waals surface area contributed by atoms with Gasteiger partial charge in [-0.2, -0.15) is 0 Å². The fourth-order valence-corrected chi connectivity index (χ4v) is 9.48. The molecule has 0 amide bonds. The lowest BCUT2D eigenvalue weighted by atomic mass is 9.85. The minimum Gasteiger partial charge on any atom is -0.790 e. The molecular formula is C41H78O19P3-3. The van der Waals surface area contributed by atoms with Crippen LogP contribution in [0.3, 0.4) is 0 Å². The van der Waals surface area contributed by atoms with E-state index < -0.39 is 91.3 Å². The predicted octanol–water partition coefficient (Wildman–Crippen LogP) is 6.06. The highest BCUT2D eigenvalue weighted by molar-refractivity contribution is 7.47. The van der Waals surface area contributed by atoms with Gasteiger partial charge in [0.05, 0.1) is 14.4 Å². The zero-order valence-electron chi connectivity index (χ0n) is 37.5. The van der Waals surface area contributed by atoms with Gasteiger partial charge in [0.1, 0.15) is 43.2 Å². The molecule has 0 radical (unpaired) electrons. The molecule has 0 aromatic rings. The Kier molecular flexibility index (Phi) is 32.9. The quantitative estimate of drug-likeness (QED) is 0.0265. The van der Waals surface area contributed by atoms with Crippen molar-refractivity contribution in [1.29, 1.82) is 0 Å². The number of hydrogen-bond acceptors (Lipinski definition) is 17. The van der Waals surface area contributed by atoms with Crippen LogP contribution in [0.2, 0.25) is 0 Å². The average molecular weight is 968 g/mol. The largest absolute Gasteiger partial charge is 0.790 e. The van der Waals surface area contributed by atoms with Crippen molar-refractivity contribution < 1.29 is 90.6 Å². The number of phosphoric ester groups is 3. The molecule has 0 bridgehead atoms. The van der Waals surface area contributed by atoms with Gasteiger partial charge in [-0.05, 0) is 12.8 Å². The maximum absolute atomic E-state index is 13.1. The number of ether oxygens (including phenoxy) is 2. The summed E-state index contributed by atoms with van der Waals surface area (Å²) < 4.78 is 64.5. The molecule has 2 unspecified atom stereocenters. The summed E-state index contributed by atoms with van der Waals surface area (Å²) >= 11 is 0. The second-order valence-corrected chi connectivity index (χ2v) is 20.3. The molecule has 0 aliphatic heterocycles. The Labute approximate surface area is 374 Å². The molecule has 0 aromatic carbocycles. The highest BCUT2D eigenvalue weighted by Gasteiger charge is 2.54. The molecule has 5 N–H and O–H groups in total. The van der Waals surface area contributed by atoms with Crippen molar-refractivity contribution in [3.63, 3.8) is 0 Å². The maximum Gasteiger partial charge on any atom is 0.472 e. The number of carbonyl (C=O) groups excluding carboxylic acids is 2. The summed E-state index contributed by atoms with van der Waals surface area (Å²) in [4.78, 5) is 79.1. The van der Waals surface area contributed by atoms with Crippen LogP contribution in [-0.2, 0) is 50.9 Å². The first-order chi connectivity index (χ1) is 29.8. The summed E-state index contributed by atoms with van der Waals surface area (Å²) in [5.41, 5.74) is 0. The van der Waals surface area contributed by atoms with E-state index in [4.69, 9.17) is 23.4 Å². The lowest BCUT2D eigenvalue weighted by Crippen LogP contribution is -2.65. The summed E-state index contributed by atoms with van der Waals surface area (Å²) in [6.45, 7) is 2.86. The number of carbonyl (C=O) groups is 2. The summed E-state index contributed by atoms with van der Waals surface area (Å²) in [6, 6.07) is 0. The normalized spacial score (nSPS) is 22.9. The maximum atomic E-state index is 13.1. The van der Waals surface area contributed by atoms with Gasteiger partial charge in [-0.25, -0.2) is 4.57 Å². The zero-order valence-corrected chi connectivity index (χ0v) is 40.2. The van der Waals surface area contributed by atoms with Crippen molar-refractivity contribution in [2.75, 3.05) is 13.2 Å². The highest BCUT2D eigenvalue weighted by Crippen LogP contribution is 2.49. The molecular weight excluding hydrogens is 889 g/mol. The van der Waals surface area contributed by atoms with Crippen LogP contribution in [0.4, 0.5) is 0 Å². The second-order valence-electron chi connectivity index (χ2n) is 16.6. The topological polar surface area (TPSA) is 311 Å². The minimum absolute atomic E-state index is 0.0161. The smallest absolute Gasteiger partial charge is 0.472 e. The number of rotatable bonds is 40. The fourth-order valence-electron chi connectivity index (χ4n) is 7.40. The molecule has 0 heterocycles. The van der Waals surface area contributed by atoms with Gasteiger partial charge < -0.3 is 62.9 Å². The van der Waals surface area contributed by atoms with E-state index in [1.165, 1.54) is 96.3 Å². The van der Waals surface area contributed by atoms with Crippen molar-refractivity contribution in [1.82, 2.24) is 0 Å². The second kappa shape index (κ2) is 34.4. The third-order valence-electron chi connectivity index (χ3n) is 10.9. The van der Waals surface area contributed by atoms with Gasteiger partial charge in [0.15, 0.2) is 6.10 Å². The van der Waals surface area contributed by atoms with Gasteiger partial charge in [0, 0.05) is 12.8 Å². The monoisotopic (exact) mass is 967 g/mol. The Balaban J connectivity index is 2.76. The van der Waals surface area contributed by atoms with Crippen LogP contribution in [0.1, 0.15) is 194 Å². The molecule has 9 atom stereocenters. The van der Waals surface area contributed by atoms with Crippen molar-refractivity contribution >= 4 is 35.4 Å². The van der Waals surface area contributed by atoms with Crippen LogP contribution in [0.25, 0.3) is 0 Å². The van der Waals surface area contributed by atoms with Gasteiger partial charge in [-0.1, -0.05) is 168 Å². The molecule has 1 rings (SSSR count). The first-order valence-electron chi connectivity index (χ1n) is 23.3. The van der Waals surface area contributed by atoms with E-state index >= 15 is 0 Å². The fraction of sp³-hybridized carbons (Fsp3) is 0.951. The van der Waals surface area contributed by atoms with E-state index in [0.29, 0.717) is 12.8 Å². The van der Waals surface area contributed by atoms with Crippen LogP contribution >= 0.6 is 23.5 Å². The summed E-state index contributed by atoms with van der Waals surface area (Å²) in [7, 11) is -17.4. The lowest BCUT2D eigenvalue weighted by molar-refractivity contribution is -0.353. The molecule has 1 saturated carbocycles. The van der Waals surface area contributed by atoms with E-state index in [-0.39, 0.29) is 12.8 Å². The molecule has 22 heteroatoms. The number of hydrogen-bond donors (Lipinski definition) is 5. The van der Waals surface area contributed by atoms with E-state index in [9.17, 15) is 58.2 Å². The Morgan fingerprint density at radius 1 is 0.492 bits per heavy atom. The molecule has 0 aromatic heterocycles. The van der Waals surface area contributed by atoms with Gasteiger partial charge in [-0.3, -0.25) is 23.2 Å². The average Bonchev–Trinajstić information content (AvgIpc) is 3.20. The molecule has 1 aliphatic rings. The van der Waals surface area contributed by atoms with Gasteiger partial charge in [0.2, 0.25) is 0 Å². The Bertz CT molecular complexity index is 1310. The Morgan fingerprint density at radius 3 is 1.19 bits per heavy atom. The molecule has 1 aliphatic carbocycles. The number of aliphatic hydroxyl groups is 3. The Hall–Kier alpha value is -0.850. The van der Waals surface area contributed by atoms with Crippen LogP contribution in [0.15, 0.2) is 0 Å². The highest BCUT2D eigenvalue weighted by atomic mass is 31.2. The van der Waals surface area contributed by atoms with Crippen LogP contribution in [0.5, 0.6) is 0 Å². The summed E-state index contributed by atoms with van der Waals surface area (Å²) in [6.07, 6.45) is 11.8. The van der Waals surface area contributed by atoms with Gasteiger partial charge in [-0.15, -0.1) is 0 Å². The zero-order chi connectivity index (χ0) is 47.2. The third-order valence-corrected chi connectivity index (χ3v) is 12.9. The van der Waals surface area contributed by atoms with Crippen LogP contribution < -0.4 is 14.7 Å². The lowest BCUT2D eigenvalue weighted by Gasteiger charge is -2.48. The minimum atomic E-state index is -6.06. The summed E-state index contributed by atoms with van der Waals surface area (Å²) in [5, 5.41) is 31.6. The SMILES string of the molecule is CCCCCCCCCCCCCCCC(=O)OC[C@H](COP(=O)(O)O[C@@H]1[C@H](O)[C@H](OP(=O)([O-])[O-])[C@@H](O)[C@H](OP(=O)([O-])O)[C@H]1O)OC(=O)CCCCCCCCCCCCCCC. The van der Waals surface area contributed by atoms with Crippen molar-refractivity contribution in [3.8, 4) is 0 Å². The predicted molar refractivity (Wildman–Crippen MR) is 227 cm³/mol. The number of phosphoric acid groups is 3. The molecule has 63 heavy (non-hydrogen) atoms. The number of unbranched alkanes of at least 4 members (excludes halogenated alkanes) is 24. The summed E-state index contributed by atoms with van der Waals surface area (Å²) in [5.74, 6) is -1.33. The van der Waals surface area contributed by atoms with Crippen molar-refractivity contribution in [2.45, 2.75) is 236 Å². The number of esters is 2. The molecule has 1 fully saturated rings. The first-order valence-corrected chi connectivity index (χ1v) is 27.7. The van der Waals surface area contributed by atoms with Crippen LogP contribution in [-0.4, -0.2) is 93.0 Å². The van der Waals surface area contributed by atoms with Crippen molar-refractivity contribution in [3.05, 3.63) is 0 Å². The van der Waals surface area contributed by atoms with Gasteiger partial charge in [0.25, 0.3) is 7.82 Å². The molecule has 0 spiro atoms. The first kappa shape index (κ1) is 60.2. The van der Waals surface area contributed by atoms with E-state index in [1.807, 2.05) is 0 Å². The molecule has 0 saturated heterocycles. The molecule has 374 valence electrons. The van der Waals surface area contributed by atoms with E-state index in [0.717, 1.165) is 57.8 Å². The van der Waals surface area contributed by atoms with E-state index in [2.05, 4.69) is 22.9 Å². The number of aliphatic hydroxyl groups excluding tert-OH is 3. The third kappa shape index (κ3) is 30.9. The standard InChI is InChI=1S/C41H81O19P3/c1-3-5-7-9-11-13-15-17-19-21-23-25-27-29-34(42)55-31-33(57-35(43)30-28-26-24-22-20-18-16-14-12-10-8-6-4-2)32-56-63(53,54)60-41-37(45)39(58-61(47,48)49)36(44)40(38(41)46)59-62(50,51)52/h33,36-41,44-46H,3-32H2,1-2H3,(H,53,54)(H2,47,48,49)(H2,50,51,52)/p-3/t33-,36-,37-,38-,39-,40+,41-/m1/s1. The van der Waals surface area contributed by atoms with E-state index in [1.54, 1.807) is 0 Å². The van der Waals surface area contributed by atoms with Crippen molar-refractivity contribution in [2.24, 2.45) is 0 Å².